The van der Waals surface area contributed by atoms with Crippen molar-refractivity contribution in [3.63, 3.8) is 0 Å². The number of ether oxygens (including phenoxy) is 2. The van der Waals surface area contributed by atoms with Gasteiger partial charge in [-0.2, -0.15) is 0 Å². The topological polar surface area (TPSA) is 172 Å². The summed E-state index contributed by atoms with van der Waals surface area (Å²) in [6.07, 6.45) is 43.5. The van der Waals surface area contributed by atoms with E-state index in [0.29, 0.717) is 12.8 Å². The number of carbonyl (C=O) groups excluding carboxylic acids is 2. The minimum atomic E-state index is -4.72. The molecule has 0 saturated carbocycles. The molecule has 0 aliphatic heterocycles. The van der Waals surface area contributed by atoms with E-state index in [1.807, 2.05) is 0 Å². The highest BCUT2D eigenvalue weighted by atomic mass is 31.2. The maximum absolute atomic E-state index is 12.6. The molecule has 11 nitrogen and oxygen atoms in total. The number of nitrogens with two attached hydrogens (primary N) is 1. The first-order chi connectivity index (χ1) is 27.6. The largest absolute Gasteiger partial charge is 0.480 e. The fourth-order valence-electron chi connectivity index (χ4n) is 6.07. The molecule has 0 aromatic rings. The molecule has 0 radical (unpaired) electrons. The molecule has 0 fully saturated rings. The van der Waals surface area contributed by atoms with Gasteiger partial charge in [-0.3, -0.25) is 23.4 Å². The fraction of sp³-hybridized carbons (Fsp3) is 0.800. The lowest BCUT2D eigenvalue weighted by Gasteiger charge is -2.20. The summed E-state index contributed by atoms with van der Waals surface area (Å²) in [5, 5.41) is 8.89. The number of esters is 2. The molecule has 57 heavy (non-hydrogen) atoms. The lowest BCUT2D eigenvalue weighted by atomic mass is 10.0. The molecule has 0 heterocycles. The number of aliphatic carboxylic acids is 1. The van der Waals surface area contributed by atoms with E-state index in [1.165, 1.54) is 109 Å². The van der Waals surface area contributed by atoms with Crippen molar-refractivity contribution in [1.29, 1.82) is 0 Å². The molecule has 4 N–H and O–H groups in total. The average Bonchev–Trinajstić information content (AvgIpc) is 3.19. The Morgan fingerprint density at radius 3 is 1.42 bits per heavy atom. The van der Waals surface area contributed by atoms with E-state index in [-0.39, 0.29) is 19.4 Å². The van der Waals surface area contributed by atoms with Crippen LogP contribution in [0.4, 0.5) is 0 Å². The number of hydrogen-bond donors (Lipinski definition) is 3. The number of phosphoric acid groups is 1. The summed E-state index contributed by atoms with van der Waals surface area (Å²) >= 11 is 0. The Balaban J connectivity index is 4.37. The van der Waals surface area contributed by atoms with E-state index in [1.54, 1.807) is 0 Å². The Kier molecular flexibility index (Phi) is 38.8. The zero-order valence-electron chi connectivity index (χ0n) is 35.9. The Labute approximate surface area is 346 Å². The van der Waals surface area contributed by atoms with Crippen LogP contribution >= 0.6 is 7.82 Å². The van der Waals surface area contributed by atoms with Crippen LogP contribution in [0.1, 0.15) is 200 Å². The Bertz CT molecular complexity index is 1110. The van der Waals surface area contributed by atoms with Gasteiger partial charge in [-0.1, -0.05) is 172 Å². The SMILES string of the molecule is CCCCC/C=C/C/C=C/C/C=C/CCCCC(=O)OC[C@H](COP(=O)(O)OC[C@H](N)C(=O)O)OC(=O)CCCCCCCCCCCCCCCCCCCC. The van der Waals surface area contributed by atoms with Gasteiger partial charge in [-0.05, 0) is 51.4 Å². The van der Waals surface area contributed by atoms with Crippen LogP contribution in [0, 0.1) is 0 Å². The van der Waals surface area contributed by atoms with Gasteiger partial charge in [0, 0.05) is 12.8 Å². The first kappa shape index (κ1) is 54.7. The second-order valence-corrected chi connectivity index (χ2v) is 16.6. The van der Waals surface area contributed by atoms with E-state index < -0.39 is 51.1 Å². The summed E-state index contributed by atoms with van der Waals surface area (Å²) in [4.78, 5) is 46.0. The van der Waals surface area contributed by atoms with Crippen molar-refractivity contribution in [2.24, 2.45) is 5.73 Å². The fourth-order valence-corrected chi connectivity index (χ4v) is 6.85. The first-order valence-electron chi connectivity index (χ1n) is 22.5. The van der Waals surface area contributed by atoms with Gasteiger partial charge in [0.1, 0.15) is 12.6 Å². The highest BCUT2D eigenvalue weighted by Crippen LogP contribution is 2.43. The predicted octanol–water partition coefficient (Wildman–Crippen LogP) is 12.0. The standard InChI is InChI=1S/C45H82NO10P/c1-3-5-7-9-11-13-15-17-19-20-21-23-25-27-29-31-33-35-37-44(48)56-41(39-54-57(51,52)55-40-42(46)45(49)50)38-53-43(47)36-34-32-30-28-26-24-22-18-16-14-12-10-8-6-4-2/h12,14,18,22,26,28,41-42H,3-11,13,15-17,19-21,23-25,27,29-40,46H2,1-2H3,(H,49,50)(H,51,52)/b14-12+,22-18+,28-26+/t41-,42+/m1/s1. The summed E-state index contributed by atoms with van der Waals surface area (Å²) in [6, 6.07) is -1.53. The van der Waals surface area contributed by atoms with E-state index in [9.17, 15) is 23.8 Å². The maximum atomic E-state index is 12.6. The molecule has 0 rings (SSSR count). The molecular formula is C45H82NO10P. The van der Waals surface area contributed by atoms with Crippen LogP contribution < -0.4 is 5.73 Å². The molecule has 332 valence electrons. The van der Waals surface area contributed by atoms with Crippen molar-refractivity contribution < 1.29 is 47.5 Å². The van der Waals surface area contributed by atoms with Crippen LogP contribution in [-0.2, 0) is 37.5 Å². The van der Waals surface area contributed by atoms with Crippen molar-refractivity contribution in [2.75, 3.05) is 19.8 Å². The normalized spacial score (nSPS) is 14.0. The highest BCUT2D eigenvalue weighted by Gasteiger charge is 2.28. The maximum Gasteiger partial charge on any atom is 0.472 e. The Morgan fingerprint density at radius 2 is 0.930 bits per heavy atom. The van der Waals surface area contributed by atoms with Gasteiger partial charge in [0.05, 0.1) is 13.2 Å². The third-order valence-corrected chi connectivity index (χ3v) is 10.6. The lowest BCUT2D eigenvalue weighted by Crippen LogP contribution is -2.34. The minimum absolute atomic E-state index is 0.156. The molecule has 0 bridgehead atoms. The third-order valence-electron chi connectivity index (χ3n) is 9.64. The van der Waals surface area contributed by atoms with Crippen molar-refractivity contribution in [1.82, 2.24) is 0 Å². The van der Waals surface area contributed by atoms with Crippen LogP contribution in [0.5, 0.6) is 0 Å². The molecule has 0 aliphatic carbocycles. The summed E-state index contributed by atoms with van der Waals surface area (Å²) < 4.78 is 32.7. The van der Waals surface area contributed by atoms with E-state index in [0.717, 1.165) is 51.4 Å². The van der Waals surface area contributed by atoms with Crippen LogP contribution in [0.15, 0.2) is 36.5 Å². The second-order valence-electron chi connectivity index (χ2n) is 15.2. The highest BCUT2D eigenvalue weighted by molar-refractivity contribution is 7.47. The van der Waals surface area contributed by atoms with Gasteiger partial charge in [-0.25, -0.2) is 4.57 Å². The molecule has 1 unspecified atom stereocenters. The van der Waals surface area contributed by atoms with Gasteiger partial charge in [0.15, 0.2) is 6.10 Å². The number of phosphoric ester groups is 1. The van der Waals surface area contributed by atoms with E-state index in [4.69, 9.17) is 24.8 Å². The molecule has 0 aliphatic rings. The van der Waals surface area contributed by atoms with Crippen molar-refractivity contribution in [2.45, 2.75) is 212 Å². The monoisotopic (exact) mass is 828 g/mol. The number of carboxylic acid groups (broad SMARTS) is 1. The summed E-state index contributed by atoms with van der Waals surface area (Å²) in [7, 11) is -4.72. The summed E-state index contributed by atoms with van der Waals surface area (Å²) in [6.45, 7) is 2.75. The molecule has 3 atom stereocenters. The number of carbonyl (C=O) groups is 3. The zero-order valence-corrected chi connectivity index (χ0v) is 36.8. The summed E-state index contributed by atoms with van der Waals surface area (Å²) in [5.74, 6) is -2.42. The van der Waals surface area contributed by atoms with E-state index in [2.05, 4.69) is 54.8 Å². The van der Waals surface area contributed by atoms with Crippen molar-refractivity contribution in [3.05, 3.63) is 36.5 Å². The molecular weight excluding hydrogens is 745 g/mol. The quantitative estimate of drug-likeness (QED) is 0.0231. The van der Waals surface area contributed by atoms with Gasteiger partial charge in [0.25, 0.3) is 0 Å². The van der Waals surface area contributed by atoms with Gasteiger partial charge in [0.2, 0.25) is 0 Å². The van der Waals surface area contributed by atoms with Crippen LogP contribution in [0.2, 0.25) is 0 Å². The summed E-state index contributed by atoms with van der Waals surface area (Å²) in [5.41, 5.74) is 5.33. The van der Waals surface area contributed by atoms with Gasteiger partial charge in [-0.15, -0.1) is 0 Å². The lowest BCUT2D eigenvalue weighted by molar-refractivity contribution is -0.161. The van der Waals surface area contributed by atoms with Crippen LogP contribution in [0.3, 0.4) is 0 Å². The third kappa shape index (κ3) is 40.3. The molecule has 0 aromatic heterocycles. The number of hydrogen-bond acceptors (Lipinski definition) is 9. The second kappa shape index (κ2) is 40.5. The average molecular weight is 828 g/mol. The number of allylic oxidation sites excluding steroid dienone is 6. The molecule has 0 spiro atoms. The first-order valence-corrected chi connectivity index (χ1v) is 24.0. The van der Waals surface area contributed by atoms with Crippen molar-refractivity contribution in [3.8, 4) is 0 Å². The Hall–Kier alpha value is -2.30. The van der Waals surface area contributed by atoms with Crippen LogP contribution in [-0.4, -0.2) is 59.9 Å². The molecule has 0 saturated heterocycles. The zero-order chi connectivity index (χ0) is 42.1. The van der Waals surface area contributed by atoms with Crippen molar-refractivity contribution >= 4 is 25.7 Å². The van der Waals surface area contributed by atoms with Gasteiger partial charge >= 0.3 is 25.7 Å². The van der Waals surface area contributed by atoms with E-state index >= 15 is 0 Å². The Morgan fingerprint density at radius 1 is 0.544 bits per heavy atom. The number of unbranched alkanes of at least 4 members (excludes halogenated alkanes) is 22. The number of rotatable bonds is 42. The molecule has 12 heteroatoms. The van der Waals surface area contributed by atoms with Crippen LogP contribution in [0.25, 0.3) is 0 Å². The smallest absolute Gasteiger partial charge is 0.472 e. The molecule has 0 aromatic carbocycles. The molecule has 0 amide bonds. The number of carboxylic acids is 1. The minimum Gasteiger partial charge on any atom is -0.480 e. The van der Waals surface area contributed by atoms with Gasteiger partial charge < -0.3 is 25.2 Å². The predicted molar refractivity (Wildman–Crippen MR) is 231 cm³/mol.